The lowest BCUT2D eigenvalue weighted by atomic mass is 10.2. The van der Waals surface area contributed by atoms with Crippen molar-refractivity contribution in [3.8, 4) is 0 Å². The van der Waals surface area contributed by atoms with Crippen molar-refractivity contribution in [1.82, 2.24) is 5.32 Å². The average Bonchev–Trinajstić information content (AvgIpc) is 2.37. The number of nitrogen functional groups attached to an aromatic ring is 1. The van der Waals surface area contributed by atoms with Gasteiger partial charge in [0.05, 0.1) is 11.3 Å². The van der Waals surface area contributed by atoms with Crippen molar-refractivity contribution in [2.45, 2.75) is 20.3 Å². The van der Waals surface area contributed by atoms with Crippen molar-refractivity contribution in [2.24, 2.45) is 5.92 Å². The Kier molecular flexibility index (Phi) is 6.95. The summed E-state index contributed by atoms with van der Waals surface area (Å²) in [6.45, 7) is 5.98. The lowest BCUT2D eigenvalue weighted by molar-refractivity contribution is 0.0924. The fourth-order valence-electron chi connectivity index (χ4n) is 1.53. The highest BCUT2D eigenvalue weighted by Gasteiger charge is 2.12. The fourth-order valence-corrected chi connectivity index (χ4v) is 2.03. The first-order valence-electron chi connectivity index (χ1n) is 6.52. The van der Waals surface area contributed by atoms with Gasteiger partial charge in [-0.25, -0.2) is 4.39 Å². The maximum Gasteiger partial charge on any atom is 0.252 e. The van der Waals surface area contributed by atoms with Crippen LogP contribution in [0, 0.1) is 11.7 Å². The quantitative estimate of drug-likeness (QED) is 0.589. The van der Waals surface area contributed by atoms with Crippen LogP contribution in [0.15, 0.2) is 16.6 Å². The second-order valence-corrected chi connectivity index (χ2v) is 5.79. The molecule has 4 nitrogen and oxygen atoms in total. The van der Waals surface area contributed by atoms with E-state index in [1.807, 2.05) is 0 Å². The highest BCUT2D eigenvalue weighted by molar-refractivity contribution is 9.10. The molecule has 0 fully saturated rings. The summed E-state index contributed by atoms with van der Waals surface area (Å²) in [7, 11) is 0. The van der Waals surface area contributed by atoms with Crippen LogP contribution < -0.4 is 11.1 Å². The molecule has 1 rings (SSSR count). The number of nitrogens with two attached hydrogens (primary N) is 1. The number of anilines is 1. The van der Waals surface area contributed by atoms with Crippen LogP contribution in [0.2, 0.25) is 0 Å². The number of benzene rings is 1. The van der Waals surface area contributed by atoms with Gasteiger partial charge >= 0.3 is 0 Å². The lowest BCUT2D eigenvalue weighted by Gasteiger charge is -2.09. The summed E-state index contributed by atoms with van der Waals surface area (Å²) in [5, 5.41) is 2.75. The molecule has 1 aromatic carbocycles. The second kappa shape index (κ2) is 8.21. The highest BCUT2D eigenvalue weighted by Crippen LogP contribution is 2.22. The number of ether oxygens (including phenoxy) is 1. The molecule has 0 heterocycles. The number of nitrogens with one attached hydrogen (secondary N) is 1. The Labute approximate surface area is 127 Å². The van der Waals surface area contributed by atoms with Gasteiger partial charge in [0.2, 0.25) is 0 Å². The molecule has 0 spiro atoms. The largest absolute Gasteiger partial charge is 0.396 e. The van der Waals surface area contributed by atoms with Crippen LogP contribution >= 0.6 is 15.9 Å². The Morgan fingerprint density at radius 2 is 2.20 bits per heavy atom. The third-order valence-corrected chi connectivity index (χ3v) is 3.19. The van der Waals surface area contributed by atoms with E-state index in [0.29, 0.717) is 35.7 Å². The highest BCUT2D eigenvalue weighted by atomic mass is 79.9. The van der Waals surface area contributed by atoms with Crippen molar-refractivity contribution in [3.05, 3.63) is 28.0 Å². The first-order valence-corrected chi connectivity index (χ1v) is 7.31. The van der Waals surface area contributed by atoms with Crippen molar-refractivity contribution in [2.75, 3.05) is 25.5 Å². The zero-order valence-electron chi connectivity index (χ0n) is 11.7. The van der Waals surface area contributed by atoms with E-state index in [9.17, 15) is 9.18 Å². The lowest BCUT2D eigenvalue weighted by Crippen LogP contribution is -2.26. The van der Waals surface area contributed by atoms with Crippen LogP contribution in [-0.4, -0.2) is 25.7 Å². The van der Waals surface area contributed by atoms with E-state index in [1.54, 1.807) is 0 Å². The van der Waals surface area contributed by atoms with E-state index in [0.717, 1.165) is 6.42 Å². The summed E-state index contributed by atoms with van der Waals surface area (Å²) in [6.07, 6.45) is 0.729. The number of hydrogen-bond donors (Lipinski definition) is 2. The zero-order valence-corrected chi connectivity index (χ0v) is 13.3. The average molecular weight is 347 g/mol. The predicted octanol–water partition coefficient (Wildman–Crippen LogP) is 2.96. The van der Waals surface area contributed by atoms with Gasteiger partial charge in [-0.1, -0.05) is 13.8 Å². The van der Waals surface area contributed by atoms with Crippen molar-refractivity contribution in [1.29, 1.82) is 0 Å². The van der Waals surface area contributed by atoms with Gasteiger partial charge in [0.1, 0.15) is 5.82 Å². The Hall–Kier alpha value is -1.14. The number of carbonyl (C=O) groups is 1. The molecule has 20 heavy (non-hydrogen) atoms. The molecule has 0 aliphatic heterocycles. The van der Waals surface area contributed by atoms with Crippen LogP contribution in [0.4, 0.5) is 10.1 Å². The fraction of sp³-hybridized carbons (Fsp3) is 0.500. The second-order valence-electron chi connectivity index (χ2n) is 4.93. The van der Waals surface area contributed by atoms with E-state index in [2.05, 4.69) is 35.1 Å². The van der Waals surface area contributed by atoms with Crippen molar-refractivity contribution >= 4 is 27.5 Å². The number of rotatable bonds is 7. The minimum Gasteiger partial charge on any atom is -0.396 e. The zero-order chi connectivity index (χ0) is 15.1. The van der Waals surface area contributed by atoms with Gasteiger partial charge in [0.25, 0.3) is 5.91 Å². The molecule has 0 aliphatic rings. The third-order valence-electron chi connectivity index (χ3n) is 2.53. The molecule has 0 aromatic heterocycles. The molecule has 3 N–H and O–H groups in total. The normalized spacial score (nSPS) is 10.8. The van der Waals surface area contributed by atoms with E-state index in [4.69, 9.17) is 10.5 Å². The Bertz CT molecular complexity index is 467. The first-order chi connectivity index (χ1) is 9.41. The number of carbonyl (C=O) groups excluding carboxylic acids is 1. The van der Waals surface area contributed by atoms with E-state index >= 15 is 0 Å². The Morgan fingerprint density at radius 1 is 1.50 bits per heavy atom. The van der Waals surface area contributed by atoms with Gasteiger partial charge in [-0.15, -0.1) is 0 Å². The maximum absolute atomic E-state index is 13.2. The minimum absolute atomic E-state index is 0.0429. The summed E-state index contributed by atoms with van der Waals surface area (Å²) in [4.78, 5) is 11.9. The summed E-state index contributed by atoms with van der Waals surface area (Å²) >= 11 is 3.15. The molecular weight excluding hydrogens is 327 g/mol. The topological polar surface area (TPSA) is 64.3 Å². The monoisotopic (exact) mass is 346 g/mol. The van der Waals surface area contributed by atoms with Gasteiger partial charge in [-0.05, 0) is 40.4 Å². The number of halogens is 2. The summed E-state index contributed by atoms with van der Waals surface area (Å²) in [6, 6.07) is 2.51. The molecule has 0 bridgehead atoms. The summed E-state index contributed by atoms with van der Waals surface area (Å²) in [5.74, 6) is -0.328. The molecule has 1 aromatic rings. The molecule has 1 amide bonds. The first kappa shape index (κ1) is 16.9. The Balaban J connectivity index is 2.38. The van der Waals surface area contributed by atoms with Gasteiger partial charge < -0.3 is 15.8 Å². The molecule has 6 heteroatoms. The van der Waals surface area contributed by atoms with E-state index in [-0.39, 0.29) is 11.6 Å². The molecule has 0 unspecified atom stereocenters. The van der Waals surface area contributed by atoms with Crippen LogP contribution in [-0.2, 0) is 4.74 Å². The molecule has 112 valence electrons. The standard InChI is InChI=1S/C14H20BrFN2O2/c1-9(2)8-20-5-3-4-18-14(19)10-6-13(17)12(16)7-11(10)15/h6-7,9H,3-5,8,17H2,1-2H3,(H,18,19). The summed E-state index contributed by atoms with van der Waals surface area (Å²) in [5.41, 5.74) is 5.74. The van der Waals surface area contributed by atoms with E-state index in [1.165, 1.54) is 12.1 Å². The van der Waals surface area contributed by atoms with Gasteiger partial charge in [-0.3, -0.25) is 4.79 Å². The minimum atomic E-state index is -0.546. The smallest absolute Gasteiger partial charge is 0.252 e. The third kappa shape index (κ3) is 5.46. The molecule has 0 aliphatic carbocycles. The van der Waals surface area contributed by atoms with Crippen molar-refractivity contribution in [3.63, 3.8) is 0 Å². The SMILES string of the molecule is CC(C)COCCCNC(=O)c1cc(N)c(F)cc1Br. The van der Waals surface area contributed by atoms with Gasteiger partial charge in [0.15, 0.2) is 0 Å². The molecular formula is C14H20BrFN2O2. The van der Waals surface area contributed by atoms with Gasteiger partial charge in [-0.2, -0.15) is 0 Å². The number of hydrogen-bond acceptors (Lipinski definition) is 3. The van der Waals surface area contributed by atoms with Crippen LogP contribution in [0.25, 0.3) is 0 Å². The van der Waals surface area contributed by atoms with Crippen molar-refractivity contribution < 1.29 is 13.9 Å². The van der Waals surface area contributed by atoms with Crippen LogP contribution in [0.3, 0.4) is 0 Å². The Morgan fingerprint density at radius 3 is 2.85 bits per heavy atom. The van der Waals surface area contributed by atoms with E-state index < -0.39 is 5.82 Å². The predicted molar refractivity (Wildman–Crippen MR) is 81.1 cm³/mol. The molecule has 0 atom stereocenters. The van der Waals surface area contributed by atoms with Gasteiger partial charge in [0, 0.05) is 24.2 Å². The maximum atomic E-state index is 13.2. The molecule has 0 saturated heterocycles. The van der Waals surface area contributed by atoms with Crippen LogP contribution in [0.5, 0.6) is 0 Å². The summed E-state index contributed by atoms with van der Waals surface area (Å²) < 4.78 is 19.0. The molecule has 0 saturated carbocycles. The number of amides is 1. The molecule has 0 radical (unpaired) electrons. The van der Waals surface area contributed by atoms with Crippen LogP contribution in [0.1, 0.15) is 30.6 Å².